The standard InChI is InChI=1S/C12H24P/c1-9-11-7-6-10(12(9,2)3)8-13(11,4)5/h9-11H,6-8H2,1-5H3/q+1/t9-,10-,11-/m1/s1. The fourth-order valence-electron chi connectivity index (χ4n) is 3.85. The predicted octanol–water partition coefficient (Wildman–Crippen LogP) is 3.72. The van der Waals surface area contributed by atoms with Crippen LogP contribution < -0.4 is 0 Å². The minimum Gasteiger partial charge on any atom is -0.0591 e. The van der Waals surface area contributed by atoms with E-state index in [1.54, 1.807) is 6.16 Å². The van der Waals surface area contributed by atoms with E-state index in [0.717, 1.165) is 17.5 Å². The number of fused-ring (bicyclic) bond motifs is 3. The van der Waals surface area contributed by atoms with Crippen LogP contribution in [0, 0.1) is 17.3 Å². The van der Waals surface area contributed by atoms with Gasteiger partial charge >= 0.3 is 0 Å². The van der Waals surface area contributed by atoms with Gasteiger partial charge in [-0.05, 0) is 30.1 Å². The highest BCUT2D eigenvalue weighted by Gasteiger charge is 2.58. The molecule has 76 valence electrons. The van der Waals surface area contributed by atoms with Gasteiger partial charge in [0.15, 0.2) is 0 Å². The molecular weight excluding hydrogens is 175 g/mol. The summed E-state index contributed by atoms with van der Waals surface area (Å²) in [5, 5.41) is 0. The molecule has 1 aliphatic carbocycles. The lowest BCUT2D eigenvalue weighted by Gasteiger charge is -2.56. The normalized spacial score (nSPS) is 46.4. The van der Waals surface area contributed by atoms with Gasteiger partial charge < -0.3 is 0 Å². The van der Waals surface area contributed by atoms with Crippen LogP contribution in [0.1, 0.15) is 33.6 Å². The van der Waals surface area contributed by atoms with Gasteiger partial charge in [-0.25, -0.2) is 0 Å². The van der Waals surface area contributed by atoms with Crippen LogP contribution in [0.5, 0.6) is 0 Å². The second-order valence-electron chi connectivity index (χ2n) is 6.41. The highest BCUT2D eigenvalue weighted by Crippen LogP contribution is 2.72. The maximum atomic E-state index is 2.59. The Morgan fingerprint density at radius 1 is 1.15 bits per heavy atom. The average Bonchev–Trinajstić information content (AvgIpc) is 1.98. The average molecular weight is 199 g/mol. The zero-order valence-corrected chi connectivity index (χ0v) is 10.7. The summed E-state index contributed by atoms with van der Waals surface area (Å²) in [6, 6.07) is 0. The van der Waals surface area contributed by atoms with E-state index in [9.17, 15) is 0 Å². The van der Waals surface area contributed by atoms with Gasteiger partial charge in [0, 0.05) is 20.6 Å². The summed E-state index contributed by atoms with van der Waals surface area (Å²) in [6.45, 7) is 12.7. The summed E-state index contributed by atoms with van der Waals surface area (Å²) in [4.78, 5) is 0. The smallest absolute Gasteiger partial charge is 0.0591 e. The van der Waals surface area contributed by atoms with Crippen LogP contribution in [0.3, 0.4) is 0 Å². The Bertz CT molecular complexity index is 213. The van der Waals surface area contributed by atoms with Crippen LogP contribution in [0.25, 0.3) is 0 Å². The van der Waals surface area contributed by atoms with Gasteiger partial charge in [-0.15, -0.1) is 0 Å². The zero-order chi connectivity index (χ0) is 9.85. The van der Waals surface area contributed by atoms with Crippen LogP contribution in [0.2, 0.25) is 0 Å². The highest BCUT2D eigenvalue weighted by atomic mass is 31.2. The SMILES string of the molecule is C[C@@H]1[C@H]2CC[C@H](C[P+]2(C)C)C1(C)C. The van der Waals surface area contributed by atoms with E-state index in [1.165, 1.54) is 12.8 Å². The molecule has 3 atom stereocenters. The van der Waals surface area contributed by atoms with Gasteiger partial charge in [0.05, 0.1) is 11.8 Å². The van der Waals surface area contributed by atoms with Gasteiger partial charge in [0.25, 0.3) is 0 Å². The summed E-state index contributed by atoms with van der Waals surface area (Å²) in [5.74, 6) is 2.01. The van der Waals surface area contributed by atoms with Crippen molar-refractivity contribution in [1.29, 1.82) is 0 Å². The van der Waals surface area contributed by atoms with Crippen molar-refractivity contribution in [3.05, 3.63) is 0 Å². The van der Waals surface area contributed by atoms with E-state index in [1.807, 2.05) is 0 Å². The molecule has 0 aromatic carbocycles. The Balaban J connectivity index is 2.32. The minimum atomic E-state index is -0.533. The molecule has 3 aliphatic rings. The fraction of sp³-hybridized carbons (Fsp3) is 1.00. The Hall–Kier alpha value is 0.430. The zero-order valence-electron chi connectivity index (χ0n) is 9.80. The van der Waals surface area contributed by atoms with Crippen molar-refractivity contribution in [2.45, 2.75) is 39.3 Å². The maximum absolute atomic E-state index is 2.59. The quantitative estimate of drug-likeness (QED) is 0.522. The summed E-state index contributed by atoms with van der Waals surface area (Å²) in [7, 11) is -0.533. The summed E-state index contributed by atoms with van der Waals surface area (Å²) in [6.07, 6.45) is 4.64. The molecule has 2 aliphatic heterocycles. The Morgan fingerprint density at radius 3 is 2.15 bits per heavy atom. The number of rotatable bonds is 0. The molecule has 0 spiro atoms. The fourth-order valence-corrected chi connectivity index (χ4v) is 8.35. The van der Waals surface area contributed by atoms with E-state index in [2.05, 4.69) is 34.1 Å². The van der Waals surface area contributed by atoms with Crippen LogP contribution in [0.4, 0.5) is 0 Å². The maximum Gasteiger partial charge on any atom is 0.0723 e. The third-order valence-corrected chi connectivity index (χ3v) is 9.09. The third kappa shape index (κ3) is 1.29. The van der Waals surface area contributed by atoms with Crippen LogP contribution in [-0.4, -0.2) is 25.2 Å². The summed E-state index contributed by atoms with van der Waals surface area (Å²) in [5.41, 5.74) is 1.73. The van der Waals surface area contributed by atoms with Crippen molar-refractivity contribution in [1.82, 2.24) is 0 Å². The van der Waals surface area contributed by atoms with Crippen molar-refractivity contribution in [2.24, 2.45) is 17.3 Å². The Kier molecular flexibility index (Phi) is 2.09. The van der Waals surface area contributed by atoms with Crippen molar-refractivity contribution in [2.75, 3.05) is 19.5 Å². The Labute approximate surface area is 83.8 Å². The molecule has 0 nitrogen and oxygen atoms in total. The predicted molar refractivity (Wildman–Crippen MR) is 63.1 cm³/mol. The number of hydrogen-bond acceptors (Lipinski definition) is 0. The second kappa shape index (κ2) is 2.72. The van der Waals surface area contributed by atoms with Crippen molar-refractivity contribution < 1.29 is 0 Å². The van der Waals surface area contributed by atoms with E-state index >= 15 is 0 Å². The second-order valence-corrected chi connectivity index (χ2v) is 11.0. The molecule has 2 saturated heterocycles. The first-order chi connectivity index (χ1) is 5.86. The molecule has 0 unspecified atom stereocenters. The topological polar surface area (TPSA) is 0 Å². The van der Waals surface area contributed by atoms with Gasteiger partial charge in [-0.2, -0.15) is 0 Å². The lowest BCUT2D eigenvalue weighted by molar-refractivity contribution is 0.0749. The van der Waals surface area contributed by atoms with Crippen molar-refractivity contribution in [3.63, 3.8) is 0 Å². The molecule has 0 aromatic heterocycles. The lowest BCUT2D eigenvalue weighted by atomic mass is 9.63. The van der Waals surface area contributed by atoms with Crippen LogP contribution >= 0.6 is 7.26 Å². The Morgan fingerprint density at radius 2 is 1.77 bits per heavy atom. The van der Waals surface area contributed by atoms with Gasteiger partial charge in [0.2, 0.25) is 0 Å². The molecule has 2 heterocycles. The minimum absolute atomic E-state index is 0.533. The molecule has 13 heavy (non-hydrogen) atoms. The molecule has 1 heteroatoms. The molecule has 2 bridgehead atoms. The number of hydrogen-bond donors (Lipinski definition) is 0. The third-order valence-electron chi connectivity index (χ3n) is 5.20. The highest BCUT2D eigenvalue weighted by molar-refractivity contribution is 7.75. The van der Waals surface area contributed by atoms with Gasteiger partial charge in [0.1, 0.15) is 0 Å². The first kappa shape index (κ1) is 9.97. The first-order valence-electron chi connectivity index (χ1n) is 5.68. The molecule has 0 N–H and O–H groups in total. The molecule has 0 amide bonds. The largest absolute Gasteiger partial charge is 0.0723 e. The molecule has 0 radical (unpaired) electrons. The van der Waals surface area contributed by atoms with E-state index in [4.69, 9.17) is 0 Å². The van der Waals surface area contributed by atoms with Gasteiger partial charge in [-0.1, -0.05) is 20.8 Å². The monoisotopic (exact) mass is 199 g/mol. The van der Waals surface area contributed by atoms with Crippen molar-refractivity contribution in [3.8, 4) is 0 Å². The van der Waals surface area contributed by atoms with Gasteiger partial charge in [-0.3, -0.25) is 0 Å². The molecule has 3 rings (SSSR count). The first-order valence-corrected chi connectivity index (χ1v) is 8.62. The molecule has 1 saturated carbocycles. The molecule has 3 fully saturated rings. The van der Waals surface area contributed by atoms with Crippen LogP contribution in [-0.2, 0) is 0 Å². The molecule has 0 aromatic rings. The summed E-state index contributed by atoms with van der Waals surface area (Å²) >= 11 is 0. The van der Waals surface area contributed by atoms with Crippen molar-refractivity contribution >= 4 is 7.26 Å². The van der Waals surface area contributed by atoms with Crippen LogP contribution in [0.15, 0.2) is 0 Å². The van der Waals surface area contributed by atoms with E-state index < -0.39 is 7.26 Å². The van der Waals surface area contributed by atoms with E-state index in [0.29, 0.717) is 5.41 Å². The summed E-state index contributed by atoms with van der Waals surface area (Å²) < 4.78 is 0. The molecular formula is C12H24P+. The lowest BCUT2D eigenvalue weighted by Crippen LogP contribution is -2.50. The van der Waals surface area contributed by atoms with E-state index in [-0.39, 0.29) is 0 Å².